The van der Waals surface area contributed by atoms with Crippen molar-refractivity contribution < 1.29 is 33.6 Å². The molecule has 4 rings (SSSR count). The standard InChI is InChI=1S/C32H40N4O7S/c1-36(2)30-10-7-26(22-34-30)24-3-5-25(6-4-24)32-35-28-9-8-27(21-29(28)44-32)33-11-12-39-13-14-40-15-16-41-17-18-42-19-20-43-23-31(37)38/h3-10,21-22,33H,11-20,23H2,1-2H3,(H,37,38). The van der Waals surface area contributed by atoms with E-state index in [1.165, 1.54) is 0 Å². The number of hydrogen-bond acceptors (Lipinski definition) is 11. The maximum Gasteiger partial charge on any atom is 0.329 e. The Balaban J connectivity index is 1.07. The molecule has 2 N–H and O–H groups in total. The quantitative estimate of drug-likeness (QED) is 0.126. The number of anilines is 2. The Morgan fingerprint density at radius 3 is 1.95 bits per heavy atom. The predicted octanol–water partition coefficient (Wildman–Crippen LogP) is 4.67. The number of pyridine rings is 1. The molecule has 0 unspecified atom stereocenters. The molecule has 12 heteroatoms. The largest absolute Gasteiger partial charge is 0.480 e. The van der Waals surface area contributed by atoms with E-state index in [1.807, 2.05) is 43.4 Å². The molecule has 0 fully saturated rings. The third-order valence-corrected chi connectivity index (χ3v) is 7.42. The molecule has 2 heterocycles. The number of aromatic nitrogens is 2. The van der Waals surface area contributed by atoms with Gasteiger partial charge in [0.15, 0.2) is 0 Å². The zero-order chi connectivity index (χ0) is 31.0. The zero-order valence-electron chi connectivity index (χ0n) is 25.2. The average molecular weight is 625 g/mol. The highest BCUT2D eigenvalue weighted by atomic mass is 32.1. The Bertz CT molecular complexity index is 1410. The molecular weight excluding hydrogens is 584 g/mol. The van der Waals surface area contributed by atoms with Crippen molar-refractivity contribution in [2.75, 3.05) is 96.9 Å². The lowest BCUT2D eigenvalue weighted by Gasteiger charge is -2.11. The molecule has 11 nitrogen and oxygen atoms in total. The molecule has 0 aliphatic heterocycles. The van der Waals surface area contributed by atoms with E-state index < -0.39 is 5.97 Å². The first-order valence-electron chi connectivity index (χ1n) is 14.5. The first-order chi connectivity index (χ1) is 21.5. The molecule has 44 heavy (non-hydrogen) atoms. The SMILES string of the molecule is CN(C)c1ccc(-c2ccc(-c3nc4ccc(NCCOCCOCCOCCOCCOCC(=O)O)cc4s3)cc2)cn1. The van der Waals surface area contributed by atoms with Crippen LogP contribution >= 0.6 is 11.3 Å². The molecule has 0 atom stereocenters. The summed E-state index contributed by atoms with van der Waals surface area (Å²) in [5.41, 5.74) is 5.32. The summed E-state index contributed by atoms with van der Waals surface area (Å²) in [6.45, 7) is 4.34. The number of nitrogens with zero attached hydrogens (tertiary/aromatic N) is 3. The summed E-state index contributed by atoms with van der Waals surface area (Å²) in [7, 11) is 3.97. The molecule has 0 aliphatic carbocycles. The van der Waals surface area contributed by atoms with E-state index in [-0.39, 0.29) is 13.2 Å². The van der Waals surface area contributed by atoms with Gasteiger partial charge in [-0.05, 0) is 35.9 Å². The van der Waals surface area contributed by atoms with Gasteiger partial charge in [0.25, 0.3) is 0 Å². The molecule has 0 saturated carbocycles. The minimum Gasteiger partial charge on any atom is -0.480 e. The van der Waals surface area contributed by atoms with Crippen LogP contribution in [0.3, 0.4) is 0 Å². The van der Waals surface area contributed by atoms with Crippen molar-refractivity contribution >= 4 is 39.0 Å². The van der Waals surface area contributed by atoms with Crippen LogP contribution < -0.4 is 10.2 Å². The van der Waals surface area contributed by atoms with Crippen molar-refractivity contribution in [3.8, 4) is 21.7 Å². The summed E-state index contributed by atoms with van der Waals surface area (Å²) < 4.78 is 27.9. The Hall–Kier alpha value is -3.65. The summed E-state index contributed by atoms with van der Waals surface area (Å²) in [6.07, 6.45) is 1.90. The summed E-state index contributed by atoms with van der Waals surface area (Å²) >= 11 is 1.68. The summed E-state index contributed by atoms with van der Waals surface area (Å²) in [6, 6.07) is 18.8. The van der Waals surface area contributed by atoms with Crippen LogP contribution in [0.15, 0.2) is 60.8 Å². The van der Waals surface area contributed by atoms with Gasteiger partial charge in [-0.3, -0.25) is 0 Å². The van der Waals surface area contributed by atoms with Gasteiger partial charge in [-0.1, -0.05) is 24.3 Å². The van der Waals surface area contributed by atoms with Crippen LogP contribution in [0.4, 0.5) is 11.5 Å². The molecule has 0 spiro atoms. The molecule has 0 amide bonds. The van der Waals surface area contributed by atoms with E-state index in [2.05, 4.69) is 46.7 Å². The van der Waals surface area contributed by atoms with Gasteiger partial charge >= 0.3 is 5.97 Å². The van der Waals surface area contributed by atoms with Gasteiger partial charge in [-0.15, -0.1) is 11.3 Å². The Morgan fingerprint density at radius 2 is 1.36 bits per heavy atom. The van der Waals surface area contributed by atoms with Gasteiger partial charge in [0.1, 0.15) is 17.4 Å². The van der Waals surface area contributed by atoms with E-state index >= 15 is 0 Å². The fourth-order valence-electron chi connectivity index (χ4n) is 4.09. The Kier molecular flexibility index (Phi) is 13.8. The van der Waals surface area contributed by atoms with Crippen LogP contribution in [0.2, 0.25) is 0 Å². The third kappa shape index (κ3) is 11.1. The Morgan fingerprint density at radius 1 is 0.773 bits per heavy atom. The Labute approximate surface area is 261 Å². The number of thiazole rings is 1. The van der Waals surface area contributed by atoms with Crippen molar-refractivity contribution in [3.63, 3.8) is 0 Å². The molecule has 0 bridgehead atoms. The van der Waals surface area contributed by atoms with E-state index in [0.717, 1.165) is 43.4 Å². The van der Waals surface area contributed by atoms with Gasteiger partial charge in [-0.25, -0.2) is 14.8 Å². The second kappa shape index (κ2) is 18.2. The number of rotatable bonds is 21. The van der Waals surface area contributed by atoms with Gasteiger partial charge in [0, 0.05) is 43.7 Å². The van der Waals surface area contributed by atoms with E-state index in [4.69, 9.17) is 33.8 Å². The van der Waals surface area contributed by atoms with Crippen molar-refractivity contribution in [1.29, 1.82) is 0 Å². The first-order valence-corrected chi connectivity index (χ1v) is 15.3. The van der Waals surface area contributed by atoms with Crippen molar-refractivity contribution in [1.82, 2.24) is 9.97 Å². The molecule has 0 aliphatic rings. The summed E-state index contributed by atoms with van der Waals surface area (Å²) in [4.78, 5) is 21.7. The topological polar surface area (TPSA) is 125 Å². The maximum absolute atomic E-state index is 10.3. The highest BCUT2D eigenvalue weighted by molar-refractivity contribution is 7.21. The normalized spacial score (nSPS) is 11.2. The van der Waals surface area contributed by atoms with Gasteiger partial charge < -0.3 is 39.0 Å². The fourth-order valence-corrected chi connectivity index (χ4v) is 5.10. The van der Waals surface area contributed by atoms with Crippen molar-refractivity contribution in [3.05, 3.63) is 60.8 Å². The van der Waals surface area contributed by atoms with Crippen LogP contribution in [0.1, 0.15) is 0 Å². The number of ether oxygens (including phenoxy) is 5. The van der Waals surface area contributed by atoms with Crippen LogP contribution in [0.5, 0.6) is 0 Å². The number of benzene rings is 2. The fraction of sp³-hybridized carbons (Fsp3) is 0.406. The highest BCUT2D eigenvalue weighted by Crippen LogP contribution is 2.33. The number of carbonyl (C=O) groups is 1. The number of hydrogen-bond donors (Lipinski definition) is 2. The third-order valence-electron chi connectivity index (χ3n) is 6.35. The monoisotopic (exact) mass is 624 g/mol. The van der Waals surface area contributed by atoms with Crippen molar-refractivity contribution in [2.24, 2.45) is 0 Å². The summed E-state index contributed by atoms with van der Waals surface area (Å²) in [5.74, 6) is -0.0547. The molecular formula is C32H40N4O7S. The minimum atomic E-state index is -0.991. The van der Waals surface area contributed by atoms with Crippen LogP contribution in [-0.2, 0) is 28.5 Å². The molecule has 0 radical (unpaired) electrons. The van der Waals surface area contributed by atoms with Crippen LogP contribution in [0, 0.1) is 0 Å². The lowest BCUT2D eigenvalue weighted by atomic mass is 10.1. The zero-order valence-corrected chi connectivity index (χ0v) is 26.0. The van der Waals surface area contributed by atoms with E-state index in [0.29, 0.717) is 59.4 Å². The van der Waals surface area contributed by atoms with E-state index in [9.17, 15) is 4.79 Å². The average Bonchev–Trinajstić information content (AvgIpc) is 3.46. The molecule has 4 aromatic rings. The molecule has 2 aromatic heterocycles. The van der Waals surface area contributed by atoms with Gasteiger partial charge in [0.2, 0.25) is 0 Å². The lowest BCUT2D eigenvalue weighted by Crippen LogP contribution is -2.15. The van der Waals surface area contributed by atoms with Gasteiger partial charge in [-0.2, -0.15) is 0 Å². The number of nitrogens with one attached hydrogen (secondary N) is 1. The number of carboxylic acids is 1. The van der Waals surface area contributed by atoms with Crippen LogP contribution in [-0.4, -0.2) is 108 Å². The summed E-state index contributed by atoms with van der Waals surface area (Å²) in [5, 5.41) is 12.9. The first kappa shape index (κ1) is 33.2. The van der Waals surface area contributed by atoms with Gasteiger partial charge in [0.05, 0.1) is 69.7 Å². The number of fused-ring (bicyclic) bond motifs is 1. The lowest BCUT2D eigenvalue weighted by molar-refractivity contribution is -0.142. The number of aliphatic carboxylic acids is 1. The number of carboxylic acid groups (broad SMARTS) is 1. The minimum absolute atomic E-state index is 0.246. The maximum atomic E-state index is 10.3. The van der Waals surface area contributed by atoms with Crippen molar-refractivity contribution in [2.45, 2.75) is 0 Å². The smallest absolute Gasteiger partial charge is 0.329 e. The van der Waals surface area contributed by atoms with E-state index in [1.54, 1.807) is 11.3 Å². The van der Waals surface area contributed by atoms with Crippen LogP contribution in [0.25, 0.3) is 31.9 Å². The molecule has 236 valence electrons. The second-order valence-electron chi connectivity index (χ2n) is 9.90. The molecule has 2 aromatic carbocycles. The second-order valence-corrected chi connectivity index (χ2v) is 10.9. The molecule has 0 saturated heterocycles. The predicted molar refractivity (Wildman–Crippen MR) is 173 cm³/mol. The highest BCUT2D eigenvalue weighted by Gasteiger charge is 2.08.